The first kappa shape index (κ1) is 19.0. The summed E-state index contributed by atoms with van der Waals surface area (Å²) in [5.74, 6) is -0.290. The second kappa shape index (κ2) is 7.87. The van der Waals surface area contributed by atoms with Crippen LogP contribution in [0.5, 0.6) is 0 Å². The molecule has 3 rings (SSSR count). The molecule has 0 radical (unpaired) electrons. The SMILES string of the molecule is CC[C@@H]1CCc2c(sc(NC(=O)c3ccc([N+](=O)[O-])cc3)c2C(=O)OC)C1. The Morgan fingerprint density at radius 1 is 1.33 bits per heavy atom. The van der Waals surface area contributed by atoms with Gasteiger partial charge in [-0.05, 0) is 42.9 Å². The van der Waals surface area contributed by atoms with E-state index in [4.69, 9.17) is 4.74 Å². The maximum atomic E-state index is 12.6. The number of anilines is 1. The van der Waals surface area contributed by atoms with Crippen molar-refractivity contribution in [2.75, 3.05) is 12.4 Å². The first-order chi connectivity index (χ1) is 12.9. The summed E-state index contributed by atoms with van der Waals surface area (Å²) in [6, 6.07) is 5.35. The lowest BCUT2D eigenvalue weighted by molar-refractivity contribution is -0.384. The van der Waals surface area contributed by atoms with E-state index in [0.717, 1.165) is 36.1 Å². The maximum absolute atomic E-state index is 12.6. The fraction of sp³-hybridized carbons (Fsp3) is 0.368. The highest BCUT2D eigenvalue weighted by atomic mass is 32.1. The second-order valence-corrected chi connectivity index (χ2v) is 7.58. The molecule has 1 aliphatic rings. The molecule has 27 heavy (non-hydrogen) atoms. The van der Waals surface area contributed by atoms with Crippen LogP contribution in [0.1, 0.15) is 50.9 Å². The molecule has 2 aromatic rings. The van der Waals surface area contributed by atoms with Gasteiger partial charge < -0.3 is 10.1 Å². The fourth-order valence-electron chi connectivity index (χ4n) is 3.32. The van der Waals surface area contributed by atoms with Crippen molar-refractivity contribution in [1.29, 1.82) is 0 Å². The minimum absolute atomic E-state index is 0.0843. The summed E-state index contributed by atoms with van der Waals surface area (Å²) in [5.41, 5.74) is 1.60. The summed E-state index contributed by atoms with van der Waals surface area (Å²) in [7, 11) is 1.33. The largest absolute Gasteiger partial charge is 0.465 e. The summed E-state index contributed by atoms with van der Waals surface area (Å²) < 4.78 is 4.93. The number of hydrogen-bond acceptors (Lipinski definition) is 6. The van der Waals surface area contributed by atoms with Crippen molar-refractivity contribution in [3.05, 3.63) is 55.9 Å². The fourth-order valence-corrected chi connectivity index (χ4v) is 4.66. The number of benzene rings is 1. The third-order valence-corrected chi connectivity index (χ3v) is 6.07. The number of carbonyl (C=O) groups is 2. The monoisotopic (exact) mass is 388 g/mol. The van der Waals surface area contributed by atoms with Crippen molar-refractivity contribution in [3.8, 4) is 0 Å². The molecule has 1 aliphatic carbocycles. The van der Waals surface area contributed by atoms with Crippen molar-refractivity contribution in [3.63, 3.8) is 0 Å². The molecule has 0 fully saturated rings. The Labute approximate surface area is 160 Å². The zero-order valence-electron chi connectivity index (χ0n) is 15.1. The van der Waals surface area contributed by atoms with Crippen molar-refractivity contribution in [2.45, 2.75) is 32.6 Å². The molecule has 1 atom stereocenters. The first-order valence-electron chi connectivity index (χ1n) is 8.73. The molecule has 0 saturated heterocycles. The first-order valence-corrected chi connectivity index (χ1v) is 9.54. The normalized spacial score (nSPS) is 15.7. The highest BCUT2D eigenvalue weighted by Crippen LogP contribution is 2.41. The van der Waals surface area contributed by atoms with Gasteiger partial charge in [0.25, 0.3) is 11.6 Å². The topological polar surface area (TPSA) is 98.5 Å². The van der Waals surface area contributed by atoms with Gasteiger partial charge in [-0.1, -0.05) is 13.3 Å². The Morgan fingerprint density at radius 2 is 2.04 bits per heavy atom. The standard InChI is InChI=1S/C19H20N2O5S/c1-3-11-4-9-14-15(10-11)27-18(16(14)19(23)26-2)20-17(22)12-5-7-13(8-6-12)21(24)25/h5-8,11H,3-4,9-10H2,1-2H3,(H,20,22)/t11-/m1/s1. The van der Waals surface area contributed by atoms with Crippen LogP contribution in [0, 0.1) is 16.0 Å². The molecular weight excluding hydrogens is 368 g/mol. The number of hydrogen-bond donors (Lipinski definition) is 1. The van der Waals surface area contributed by atoms with Crippen LogP contribution < -0.4 is 5.32 Å². The Balaban J connectivity index is 1.89. The summed E-state index contributed by atoms with van der Waals surface area (Å²) in [5, 5.41) is 14.0. The molecule has 0 aliphatic heterocycles. The number of non-ortho nitro benzene ring substituents is 1. The van der Waals surface area contributed by atoms with E-state index in [0.29, 0.717) is 16.5 Å². The van der Waals surface area contributed by atoms with E-state index in [1.807, 2.05) is 0 Å². The quantitative estimate of drug-likeness (QED) is 0.470. The van der Waals surface area contributed by atoms with Crippen molar-refractivity contribution in [2.24, 2.45) is 5.92 Å². The molecule has 0 saturated carbocycles. The molecule has 0 unspecified atom stereocenters. The van der Waals surface area contributed by atoms with E-state index in [2.05, 4.69) is 12.2 Å². The number of nitro groups is 1. The van der Waals surface area contributed by atoms with Gasteiger partial charge in [0.2, 0.25) is 0 Å². The molecule has 0 spiro atoms. The molecule has 8 heteroatoms. The molecule has 142 valence electrons. The van der Waals surface area contributed by atoms with E-state index in [1.165, 1.54) is 42.7 Å². The highest BCUT2D eigenvalue weighted by Gasteiger charge is 2.29. The van der Waals surface area contributed by atoms with Crippen LogP contribution in [-0.2, 0) is 17.6 Å². The number of thiophene rings is 1. The number of nitrogens with one attached hydrogen (secondary N) is 1. The molecule has 1 heterocycles. The summed E-state index contributed by atoms with van der Waals surface area (Å²) >= 11 is 1.41. The molecule has 1 N–H and O–H groups in total. The number of amides is 1. The van der Waals surface area contributed by atoms with Crippen molar-refractivity contribution < 1.29 is 19.2 Å². The Kier molecular flexibility index (Phi) is 5.55. The predicted molar refractivity (Wildman–Crippen MR) is 103 cm³/mol. The van der Waals surface area contributed by atoms with Crippen LogP contribution in [-0.4, -0.2) is 23.9 Å². The molecule has 0 bridgehead atoms. The Bertz CT molecular complexity index is 888. The number of nitro benzene ring substituents is 1. The van der Waals surface area contributed by atoms with E-state index >= 15 is 0 Å². The van der Waals surface area contributed by atoms with Crippen LogP contribution in [0.3, 0.4) is 0 Å². The van der Waals surface area contributed by atoms with E-state index < -0.39 is 16.8 Å². The van der Waals surface area contributed by atoms with Crippen LogP contribution >= 0.6 is 11.3 Å². The molecule has 1 aromatic heterocycles. The lowest BCUT2D eigenvalue weighted by atomic mass is 9.85. The third-order valence-electron chi connectivity index (χ3n) is 4.90. The van der Waals surface area contributed by atoms with Gasteiger partial charge in [0.15, 0.2) is 0 Å². The van der Waals surface area contributed by atoms with Gasteiger partial charge in [-0.3, -0.25) is 14.9 Å². The van der Waals surface area contributed by atoms with Gasteiger partial charge in [-0.15, -0.1) is 11.3 Å². The van der Waals surface area contributed by atoms with E-state index in [9.17, 15) is 19.7 Å². The van der Waals surface area contributed by atoms with Crippen LogP contribution in [0.2, 0.25) is 0 Å². The smallest absolute Gasteiger partial charge is 0.341 e. The van der Waals surface area contributed by atoms with Crippen LogP contribution in [0.25, 0.3) is 0 Å². The number of nitrogens with zero attached hydrogens (tertiary/aromatic N) is 1. The number of esters is 1. The van der Waals surface area contributed by atoms with Gasteiger partial charge >= 0.3 is 5.97 Å². The minimum Gasteiger partial charge on any atom is -0.465 e. The van der Waals surface area contributed by atoms with Crippen LogP contribution in [0.15, 0.2) is 24.3 Å². The van der Waals surface area contributed by atoms with Crippen molar-refractivity contribution >= 4 is 33.9 Å². The van der Waals surface area contributed by atoms with Gasteiger partial charge in [-0.2, -0.15) is 0 Å². The number of rotatable bonds is 5. The van der Waals surface area contributed by atoms with Gasteiger partial charge in [0.05, 0.1) is 17.6 Å². The maximum Gasteiger partial charge on any atom is 0.341 e. The van der Waals surface area contributed by atoms with Crippen molar-refractivity contribution in [1.82, 2.24) is 0 Å². The number of fused-ring (bicyclic) bond motifs is 1. The van der Waals surface area contributed by atoms with E-state index in [1.54, 1.807) is 0 Å². The van der Waals surface area contributed by atoms with Gasteiger partial charge in [-0.25, -0.2) is 4.79 Å². The zero-order valence-corrected chi connectivity index (χ0v) is 15.9. The average molecular weight is 388 g/mol. The summed E-state index contributed by atoms with van der Waals surface area (Å²) in [6.45, 7) is 2.15. The lowest BCUT2D eigenvalue weighted by Crippen LogP contribution is -2.16. The van der Waals surface area contributed by atoms with Gasteiger partial charge in [0.1, 0.15) is 5.00 Å². The predicted octanol–water partition coefficient (Wildman–Crippen LogP) is 4.21. The summed E-state index contributed by atoms with van der Waals surface area (Å²) in [6.07, 6.45) is 3.78. The van der Waals surface area contributed by atoms with E-state index in [-0.39, 0.29) is 11.3 Å². The second-order valence-electron chi connectivity index (χ2n) is 6.47. The molecule has 1 amide bonds. The Morgan fingerprint density at radius 3 is 2.63 bits per heavy atom. The zero-order chi connectivity index (χ0) is 19.6. The highest BCUT2D eigenvalue weighted by molar-refractivity contribution is 7.17. The number of methoxy groups -OCH3 is 1. The molecule has 7 nitrogen and oxygen atoms in total. The molecular formula is C19H20N2O5S. The molecule has 1 aromatic carbocycles. The third kappa shape index (κ3) is 3.85. The number of carbonyl (C=O) groups excluding carboxylic acids is 2. The van der Waals surface area contributed by atoms with Gasteiger partial charge in [0, 0.05) is 22.6 Å². The number of ether oxygens (including phenoxy) is 1. The Hall–Kier alpha value is -2.74. The summed E-state index contributed by atoms with van der Waals surface area (Å²) in [4.78, 5) is 36.2. The van der Waals surface area contributed by atoms with Crippen LogP contribution in [0.4, 0.5) is 10.7 Å². The lowest BCUT2D eigenvalue weighted by Gasteiger charge is -2.20. The minimum atomic E-state index is -0.519. The average Bonchev–Trinajstić information content (AvgIpc) is 3.04.